The van der Waals surface area contributed by atoms with Crippen LogP contribution >= 0.6 is 0 Å². The van der Waals surface area contributed by atoms with Crippen LogP contribution in [0, 0.1) is 5.82 Å². The number of halogens is 1. The van der Waals surface area contributed by atoms with Gasteiger partial charge in [0, 0.05) is 6.54 Å². The molecular formula is C13H18FNO2. The molecule has 17 heavy (non-hydrogen) atoms. The van der Waals surface area contributed by atoms with Crippen LogP contribution in [0.25, 0.3) is 0 Å². The number of carbonyl (C=O) groups is 1. The maximum absolute atomic E-state index is 12.8. The van der Waals surface area contributed by atoms with E-state index in [4.69, 9.17) is 5.11 Å². The Labute approximate surface area is 101 Å². The van der Waals surface area contributed by atoms with Crippen molar-refractivity contribution >= 4 is 5.97 Å². The highest BCUT2D eigenvalue weighted by Gasteiger charge is 2.19. The third-order valence-corrected chi connectivity index (χ3v) is 3.02. The van der Waals surface area contributed by atoms with Gasteiger partial charge in [-0.1, -0.05) is 19.1 Å². The molecule has 0 radical (unpaired) electrons. The highest BCUT2D eigenvalue weighted by Crippen LogP contribution is 2.17. The molecule has 1 aromatic rings. The van der Waals surface area contributed by atoms with E-state index in [1.54, 1.807) is 31.0 Å². The molecule has 3 nitrogen and oxygen atoms in total. The average Bonchev–Trinajstić information content (AvgIpc) is 2.28. The van der Waals surface area contributed by atoms with Crippen LogP contribution in [0.4, 0.5) is 4.39 Å². The second kappa shape index (κ2) is 5.77. The molecule has 94 valence electrons. The minimum atomic E-state index is -0.834. The van der Waals surface area contributed by atoms with Crippen molar-refractivity contribution in [3.8, 4) is 0 Å². The zero-order chi connectivity index (χ0) is 13.0. The Kier molecular flexibility index (Phi) is 4.63. The summed E-state index contributed by atoms with van der Waals surface area (Å²) in [6.07, 6.45) is 0. The Morgan fingerprint density at radius 2 is 1.88 bits per heavy atom. The van der Waals surface area contributed by atoms with Gasteiger partial charge in [-0.15, -0.1) is 0 Å². The zero-order valence-corrected chi connectivity index (χ0v) is 10.4. The van der Waals surface area contributed by atoms with E-state index < -0.39 is 12.0 Å². The van der Waals surface area contributed by atoms with E-state index in [0.717, 1.165) is 5.56 Å². The van der Waals surface area contributed by atoms with Crippen LogP contribution in [0.15, 0.2) is 24.3 Å². The van der Waals surface area contributed by atoms with E-state index in [0.29, 0.717) is 6.54 Å². The van der Waals surface area contributed by atoms with Crippen molar-refractivity contribution in [2.75, 3.05) is 13.6 Å². The molecule has 0 amide bonds. The van der Waals surface area contributed by atoms with E-state index >= 15 is 0 Å². The van der Waals surface area contributed by atoms with E-state index in [-0.39, 0.29) is 11.7 Å². The lowest BCUT2D eigenvalue weighted by Crippen LogP contribution is -2.37. The number of carboxylic acid groups (broad SMARTS) is 1. The summed E-state index contributed by atoms with van der Waals surface area (Å²) in [5.74, 6) is -0.922. The largest absolute Gasteiger partial charge is 0.480 e. The molecule has 0 spiro atoms. The number of aliphatic carboxylic acids is 1. The molecule has 1 N–H and O–H groups in total. The van der Waals surface area contributed by atoms with E-state index in [1.807, 2.05) is 6.92 Å². The van der Waals surface area contributed by atoms with Crippen LogP contribution in [0.1, 0.15) is 25.3 Å². The predicted octanol–water partition coefficient (Wildman–Crippen LogP) is 2.33. The SMILES string of the molecule is CC(CN(C)C(C)C(=O)O)c1ccc(F)cc1. The molecule has 0 saturated carbocycles. The van der Waals surface area contributed by atoms with E-state index in [9.17, 15) is 9.18 Å². The summed E-state index contributed by atoms with van der Waals surface area (Å²) in [4.78, 5) is 12.6. The Bertz CT molecular complexity index is 378. The monoisotopic (exact) mass is 239 g/mol. The van der Waals surface area contributed by atoms with Gasteiger partial charge in [0.2, 0.25) is 0 Å². The lowest BCUT2D eigenvalue weighted by molar-refractivity contribution is -0.142. The first kappa shape index (κ1) is 13.6. The summed E-state index contributed by atoms with van der Waals surface area (Å²) in [6.45, 7) is 4.27. The second-order valence-corrected chi connectivity index (χ2v) is 4.41. The number of carboxylic acids is 1. The zero-order valence-electron chi connectivity index (χ0n) is 10.4. The first-order valence-electron chi connectivity index (χ1n) is 5.60. The second-order valence-electron chi connectivity index (χ2n) is 4.41. The maximum Gasteiger partial charge on any atom is 0.320 e. The number of hydrogen-bond acceptors (Lipinski definition) is 2. The Morgan fingerprint density at radius 3 is 2.35 bits per heavy atom. The fourth-order valence-electron chi connectivity index (χ4n) is 1.68. The molecule has 1 rings (SSSR count). The Morgan fingerprint density at radius 1 is 1.35 bits per heavy atom. The van der Waals surface area contributed by atoms with Gasteiger partial charge in [0.15, 0.2) is 0 Å². The van der Waals surface area contributed by atoms with Crippen molar-refractivity contribution in [2.45, 2.75) is 25.8 Å². The fourth-order valence-corrected chi connectivity index (χ4v) is 1.68. The summed E-state index contributed by atoms with van der Waals surface area (Å²) in [7, 11) is 1.78. The smallest absolute Gasteiger partial charge is 0.320 e. The van der Waals surface area contributed by atoms with Crippen LogP contribution in [0.3, 0.4) is 0 Å². The summed E-state index contributed by atoms with van der Waals surface area (Å²) < 4.78 is 12.8. The number of benzene rings is 1. The maximum atomic E-state index is 12.8. The topological polar surface area (TPSA) is 40.5 Å². The van der Waals surface area contributed by atoms with Crippen molar-refractivity contribution in [3.05, 3.63) is 35.6 Å². The number of rotatable bonds is 5. The van der Waals surface area contributed by atoms with Crippen LogP contribution in [-0.2, 0) is 4.79 Å². The van der Waals surface area contributed by atoms with Gasteiger partial charge in [-0.05, 0) is 37.6 Å². The molecule has 2 atom stereocenters. The summed E-state index contributed by atoms with van der Waals surface area (Å²) in [6, 6.07) is 5.80. The van der Waals surface area contributed by atoms with Crippen LogP contribution < -0.4 is 0 Å². The molecule has 0 fully saturated rings. The molecule has 1 aromatic carbocycles. The summed E-state index contributed by atoms with van der Waals surface area (Å²) in [5, 5.41) is 8.88. The van der Waals surface area contributed by atoms with E-state index in [2.05, 4.69) is 0 Å². The Balaban J connectivity index is 2.63. The molecule has 4 heteroatoms. The van der Waals surface area contributed by atoms with Gasteiger partial charge in [-0.2, -0.15) is 0 Å². The molecule has 0 aromatic heterocycles. The minimum absolute atomic E-state index is 0.169. The van der Waals surface area contributed by atoms with Crippen LogP contribution in [-0.4, -0.2) is 35.6 Å². The predicted molar refractivity (Wildman–Crippen MR) is 64.5 cm³/mol. The van der Waals surface area contributed by atoms with Gasteiger partial charge in [-0.3, -0.25) is 9.69 Å². The molecular weight excluding hydrogens is 221 g/mol. The van der Waals surface area contributed by atoms with Gasteiger partial charge < -0.3 is 5.11 Å². The number of likely N-dealkylation sites (N-methyl/N-ethyl adjacent to an activating group) is 1. The standard InChI is InChI=1S/C13H18FNO2/c1-9(8-15(3)10(2)13(16)17)11-4-6-12(14)7-5-11/h4-7,9-10H,8H2,1-3H3,(H,16,17). The summed E-state index contributed by atoms with van der Waals surface area (Å²) in [5.41, 5.74) is 1.01. The van der Waals surface area contributed by atoms with Crippen LogP contribution in [0.5, 0.6) is 0 Å². The van der Waals surface area contributed by atoms with Crippen molar-refractivity contribution in [1.82, 2.24) is 4.90 Å². The van der Waals surface area contributed by atoms with Gasteiger partial charge >= 0.3 is 5.97 Å². The molecule has 0 aliphatic carbocycles. The highest BCUT2D eigenvalue weighted by atomic mass is 19.1. The van der Waals surface area contributed by atoms with E-state index in [1.165, 1.54) is 12.1 Å². The molecule has 0 aliphatic heterocycles. The molecule has 0 heterocycles. The average molecular weight is 239 g/mol. The van der Waals surface area contributed by atoms with Crippen molar-refractivity contribution in [2.24, 2.45) is 0 Å². The fraction of sp³-hybridized carbons (Fsp3) is 0.462. The van der Waals surface area contributed by atoms with Gasteiger partial charge in [0.05, 0.1) is 0 Å². The van der Waals surface area contributed by atoms with Gasteiger partial charge in [0.25, 0.3) is 0 Å². The first-order chi connectivity index (χ1) is 7.91. The third kappa shape index (κ3) is 3.82. The van der Waals surface area contributed by atoms with Crippen LogP contribution in [0.2, 0.25) is 0 Å². The molecule has 0 bridgehead atoms. The lowest BCUT2D eigenvalue weighted by Gasteiger charge is -2.24. The Hall–Kier alpha value is -1.42. The number of nitrogens with zero attached hydrogens (tertiary/aromatic N) is 1. The highest BCUT2D eigenvalue weighted by molar-refractivity contribution is 5.72. The molecule has 0 saturated heterocycles. The normalized spacial score (nSPS) is 14.6. The quantitative estimate of drug-likeness (QED) is 0.857. The number of hydrogen-bond donors (Lipinski definition) is 1. The van der Waals surface area contributed by atoms with Gasteiger partial charge in [-0.25, -0.2) is 4.39 Å². The minimum Gasteiger partial charge on any atom is -0.480 e. The lowest BCUT2D eigenvalue weighted by atomic mass is 10.0. The van der Waals surface area contributed by atoms with Crippen molar-refractivity contribution < 1.29 is 14.3 Å². The van der Waals surface area contributed by atoms with Crippen molar-refractivity contribution in [3.63, 3.8) is 0 Å². The molecule has 2 unspecified atom stereocenters. The first-order valence-corrected chi connectivity index (χ1v) is 5.60. The van der Waals surface area contributed by atoms with Crippen molar-refractivity contribution in [1.29, 1.82) is 0 Å². The molecule has 0 aliphatic rings. The summed E-state index contributed by atoms with van der Waals surface area (Å²) >= 11 is 0. The third-order valence-electron chi connectivity index (χ3n) is 3.02. The van der Waals surface area contributed by atoms with Gasteiger partial charge in [0.1, 0.15) is 11.9 Å².